The number of cyclic esters (lactones) is 1. The molecule has 3 aliphatic carbocycles. The number of aliphatic hydroxyl groups excluding tert-OH is 2. The summed E-state index contributed by atoms with van der Waals surface area (Å²) < 4.78 is 11.8. The molecule has 0 amide bonds. The van der Waals surface area contributed by atoms with Crippen molar-refractivity contribution in [2.45, 2.75) is 97.4 Å². The maximum absolute atomic E-state index is 12.9. The van der Waals surface area contributed by atoms with Gasteiger partial charge >= 0.3 is 11.9 Å². The SMILES string of the molecule is CCC(C)CC(=O)O[C@H]1CC[C@H]2[C@@H]3COC(=O)[C@H]4C[C@H](O)[C@H](O)C[C@]4(C)[C@H]3CC[C@]12C. The van der Waals surface area contributed by atoms with Gasteiger partial charge in [-0.2, -0.15) is 0 Å². The number of ether oxygens (including phenoxy) is 2. The highest BCUT2D eigenvalue weighted by molar-refractivity contribution is 5.74. The molecule has 0 spiro atoms. The maximum Gasteiger partial charge on any atom is 0.309 e. The van der Waals surface area contributed by atoms with Crippen molar-refractivity contribution >= 4 is 11.9 Å². The smallest absolute Gasteiger partial charge is 0.309 e. The van der Waals surface area contributed by atoms with Crippen molar-refractivity contribution in [3.63, 3.8) is 0 Å². The monoisotopic (exact) mass is 436 g/mol. The minimum absolute atomic E-state index is 0.0728. The molecule has 176 valence electrons. The van der Waals surface area contributed by atoms with Gasteiger partial charge in [0, 0.05) is 11.8 Å². The Morgan fingerprint density at radius 2 is 1.87 bits per heavy atom. The Labute approximate surface area is 186 Å². The first kappa shape index (κ1) is 23.0. The van der Waals surface area contributed by atoms with Crippen molar-refractivity contribution in [3.05, 3.63) is 0 Å². The number of rotatable bonds is 4. The minimum Gasteiger partial charge on any atom is -0.465 e. The number of carbonyl (C=O) groups excluding carboxylic acids is 2. The third-order valence-electron chi connectivity index (χ3n) is 9.75. The quantitative estimate of drug-likeness (QED) is 0.656. The fourth-order valence-corrected chi connectivity index (χ4v) is 7.57. The van der Waals surface area contributed by atoms with Gasteiger partial charge in [0.1, 0.15) is 6.10 Å². The van der Waals surface area contributed by atoms with Crippen molar-refractivity contribution in [1.82, 2.24) is 0 Å². The highest BCUT2D eigenvalue weighted by atomic mass is 16.5. The Bertz CT molecular complexity index is 708. The van der Waals surface area contributed by atoms with E-state index < -0.39 is 12.2 Å². The molecule has 3 saturated carbocycles. The third kappa shape index (κ3) is 3.82. The second-order valence-corrected chi connectivity index (χ2v) is 11.5. The summed E-state index contributed by atoms with van der Waals surface area (Å²) in [6, 6.07) is 0. The van der Waals surface area contributed by atoms with Crippen molar-refractivity contribution in [2.24, 2.45) is 40.4 Å². The molecule has 2 N–H and O–H groups in total. The van der Waals surface area contributed by atoms with Crippen molar-refractivity contribution in [2.75, 3.05) is 6.61 Å². The summed E-state index contributed by atoms with van der Waals surface area (Å²) in [5, 5.41) is 20.7. The first-order valence-corrected chi connectivity index (χ1v) is 12.3. The second kappa shape index (κ2) is 8.33. The van der Waals surface area contributed by atoms with E-state index >= 15 is 0 Å². The molecule has 10 atom stereocenters. The molecule has 0 bridgehead atoms. The lowest BCUT2D eigenvalue weighted by Gasteiger charge is -2.55. The average Bonchev–Trinajstić information content (AvgIpc) is 2.99. The van der Waals surface area contributed by atoms with Gasteiger partial charge in [-0.05, 0) is 67.6 Å². The molecule has 1 heterocycles. The fraction of sp³-hybridized carbons (Fsp3) is 0.920. The van der Waals surface area contributed by atoms with Crippen molar-refractivity contribution < 1.29 is 29.3 Å². The van der Waals surface area contributed by atoms with Gasteiger partial charge in [-0.1, -0.05) is 34.1 Å². The molecule has 4 rings (SSSR count). The lowest BCUT2D eigenvalue weighted by molar-refractivity contribution is -0.165. The number of aliphatic hydroxyl groups is 2. The van der Waals surface area contributed by atoms with Gasteiger partial charge in [0.2, 0.25) is 0 Å². The number of hydrogen-bond donors (Lipinski definition) is 2. The molecule has 4 fully saturated rings. The number of esters is 2. The summed E-state index contributed by atoms with van der Waals surface area (Å²) in [5.74, 6) is 0.457. The van der Waals surface area contributed by atoms with Crippen LogP contribution in [-0.4, -0.2) is 47.1 Å². The van der Waals surface area contributed by atoms with E-state index in [-0.39, 0.29) is 53.0 Å². The van der Waals surface area contributed by atoms with Crippen molar-refractivity contribution in [3.8, 4) is 0 Å². The lowest BCUT2D eigenvalue weighted by atomic mass is 9.49. The molecule has 0 aromatic heterocycles. The molecular formula is C25H40O6. The summed E-state index contributed by atoms with van der Waals surface area (Å²) in [7, 11) is 0. The normalized spacial score (nSPS) is 47.9. The van der Waals surface area contributed by atoms with Gasteiger partial charge in [0.25, 0.3) is 0 Å². The van der Waals surface area contributed by atoms with Crippen molar-refractivity contribution in [1.29, 1.82) is 0 Å². The highest BCUT2D eigenvalue weighted by Crippen LogP contribution is 2.63. The van der Waals surface area contributed by atoms with Crippen LogP contribution in [0.3, 0.4) is 0 Å². The van der Waals surface area contributed by atoms with Crippen LogP contribution in [0.25, 0.3) is 0 Å². The van der Waals surface area contributed by atoms with Gasteiger partial charge < -0.3 is 19.7 Å². The van der Waals surface area contributed by atoms with Crippen LogP contribution in [0.1, 0.15) is 79.1 Å². The molecule has 6 nitrogen and oxygen atoms in total. The van der Waals surface area contributed by atoms with E-state index in [0.717, 1.165) is 32.1 Å². The highest BCUT2D eigenvalue weighted by Gasteiger charge is 2.63. The Morgan fingerprint density at radius 1 is 1.16 bits per heavy atom. The first-order valence-electron chi connectivity index (χ1n) is 12.3. The summed E-state index contributed by atoms with van der Waals surface area (Å²) in [5.41, 5.74) is -0.467. The minimum atomic E-state index is -0.864. The summed E-state index contributed by atoms with van der Waals surface area (Å²) >= 11 is 0. The Hall–Kier alpha value is -1.14. The van der Waals surface area contributed by atoms with Gasteiger partial charge in [-0.25, -0.2) is 0 Å². The van der Waals surface area contributed by atoms with E-state index in [9.17, 15) is 19.8 Å². The van der Waals surface area contributed by atoms with Crippen LogP contribution < -0.4 is 0 Å². The van der Waals surface area contributed by atoms with Crippen LogP contribution in [0.2, 0.25) is 0 Å². The molecule has 1 unspecified atom stereocenters. The van der Waals surface area contributed by atoms with Gasteiger partial charge in [-0.3, -0.25) is 9.59 Å². The van der Waals surface area contributed by atoms with E-state index in [1.807, 2.05) is 0 Å². The fourth-order valence-electron chi connectivity index (χ4n) is 7.57. The van der Waals surface area contributed by atoms with E-state index in [0.29, 0.717) is 31.3 Å². The lowest BCUT2D eigenvalue weighted by Crippen LogP contribution is -2.55. The predicted octanol–water partition coefficient (Wildman–Crippen LogP) is 3.47. The molecule has 31 heavy (non-hydrogen) atoms. The molecule has 0 aromatic rings. The molecular weight excluding hydrogens is 396 g/mol. The summed E-state index contributed by atoms with van der Waals surface area (Å²) in [6.07, 6.45) is 4.15. The zero-order valence-corrected chi connectivity index (χ0v) is 19.5. The van der Waals surface area contributed by atoms with E-state index in [4.69, 9.17) is 9.47 Å². The molecule has 6 heteroatoms. The second-order valence-electron chi connectivity index (χ2n) is 11.5. The molecule has 0 aromatic carbocycles. The molecule has 1 saturated heterocycles. The predicted molar refractivity (Wildman–Crippen MR) is 115 cm³/mol. The maximum atomic E-state index is 12.9. The zero-order valence-electron chi connectivity index (χ0n) is 19.5. The van der Waals surface area contributed by atoms with E-state index in [1.54, 1.807) is 0 Å². The van der Waals surface area contributed by atoms with Gasteiger partial charge in [0.15, 0.2) is 0 Å². The first-order chi connectivity index (χ1) is 14.6. The van der Waals surface area contributed by atoms with Crippen LogP contribution in [0.5, 0.6) is 0 Å². The number of fused-ring (bicyclic) bond motifs is 5. The third-order valence-corrected chi connectivity index (χ3v) is 9.75. The molecule has 1 aliphatic heterocycles. The summed E-state index contributed by atoms with van der Waals surface area (Å²) in [4.78, 5) is 25.4. The largest absolute Gasteiger partial charge is 0.465 e. The Morgan fingerprint density at radius 3 is 2.58 bits per heavy atom. The van der Waals surface area contributed by atoms with Gasteiger partial charge in [0.05, 0.1) is 24.7 Å². The van der Waals surface area contributed by atoms with Crippen LogP contribution >= 0.6 is 0 Å². The zero-order chi connectivity index (χ0) is 22.6. The van der Waals surface area contributed by atoms with Crippen LogP contribution in [-0.2, 0) is 19.1 Å². The molecule has 4 aliphatic rings. The Kier molecular flexibility index (Phi) is 6.19. The standard InChI is InChI=1S/C25H40O6/c1-5-14(2)10-22(28)31-21-7-6-16-15-13-30-23(29)18-11-19(26)20(27)12-25(18,4)17(15)8-9-24(16,21)3/h14-21,26-27H,5-13H2,1-4H3/t14?,15-,16-,17-,18+,19-,20+,21-,24-,25+/m0/s1. The van der Waals surface area contributed by atoms with Crippen LogP contribution in [0, 0.1) is 40.4 Å². The van der Waals surface area contributed by atoms with E-state index in [1.165, 1.54) is 0 Å². The average molecular weight is 437 g/mol. The van der Waals surface area contributed by atoms with Crippen LogP contribution in [0.4, 0.5) is 0 Å². The molecule has 0 radical (unpaired) electrons. The summed E-state index contributed by atoms with van der Waals surface area (Å²) in [6.45, 7) is 8.95. The van der Waals surface area contributed by atoms with Crippen LogP contribution in [0.15, 0.2) is 0 Å². The van der Waals surface area contributed by atoms with Gasteiger partial charge in [-0.15, -0.1) is 0 Å². The number of carbonyl (C=O) groups is 2. The van der Waals surface area contributed by atoms with E-state index in [2.05, 4.69) is 27.7 Å². The Balaban J connectivity index is 1.55. The topological polar surface area (TPSA) is 93.1 Å². The number of hydrogen-bond acceptors (Lipinski definition) is 6.